The van der Waals surface area contributed by atoms with E-state index in [-0.39, 0.29) is 29.9 Å². The average Bonchev–Trinajstić information content (AvgIpc) is 3.20. The van der Waals surface area contributed by atoms with Crippen LogP contribution in [-0.4, -0.2) is 43.2 Å². The molecule has 4 rings (SSSR count). The van der Waals surface area contributed by atoms with Crippen LogP contribution in [0.4, 0.5) is 15.8 Å². The second-order valence-electron chi connectivity index (χ2n) is 9.84. The third-order valence-corrected chi connectivity index (χ3v) is 11.2. The van der Waals surface area contributed by atoms with E-state index in [9.17, 15) is 4.79 Å². The average molecular weight is 455 g/mol. The van der Waals surface area contributed by atoms with E-state index in [1.165, 1.54) is 0 Å². The van der Waals surface area contributed by atoms with Gasteiger partial charge in [0, 0.05) is 49.0 Å². The van der Waals surface area contributed by atoms with Gasteiger partial charge in [0.25, 0.3) is 0 Å². The molecular formula is C24H31FN4O2Si. The molecule has 1 amide bonds. The second kappa shape index (κ2) is 8.33. The first-order chi connectivity index (χ1) is 15.1. The molecule has 1 aliphatic rings. The molecule has 2 aromatic heterocycles. The van der Waals surface area contributed by atoms with Crippen molar-refractivity contribution in [2.24, 2.45) is 0 Å². The molecule has 0 unspecified atom stereocenters. The highest BCUT2D eigenvalue weighted by Gasteiger charge is 2.37. The lowest BCUT2D eigenvalue weighted by Crippen LogP contribution is -2.51. The number of hydrogen-bond donors (Lipinski definition) is 0. The summed E-state index contributed by atoms with van der Waals surface area (Å²) in [5, 5.41) is 0.0588. The summed E-state index contributed by atoms with van der Waals surface area (Å²) in [6, 6.07) is 9.15. The third kappa shape index (κ3) is 4.29. The van der Waals surface area contributed by atoms with Gasteiger partial charge in [-0.3, -0.25) is 4.79 Å². The summed E-state index contributed by atoms with van der Waals surface area (Å²) in [5.74, 6) is -0.360. The summed E-state index contributed by atoms with van der Waals surface area (Å²) in [4.78, 5) is 20.8. The van der Waals surface area contributed by atoms with Gasteiger partial charge < -0.3 is 18.6 Å². The molecule has 1 fully saturated rings. The van der Waals surface area contributed by atoms with E-state index < -0.39 is 8.32 Å². The second-order valence-corrected chi connectivity index (χ2v) is 14.7. The number of anilines is 2. The number of imidazole rings is 1. The van der Waals surface area contributed by atoms with Crippen LogP contribution in [0.2, 0.25) is 18.1 Å². The van der Waals surface area contributed by atoms with E-state index in [0.717, 1.165) is 11.3 Å². The fraction of sp³-hybridized carbons (Fsp3) is 0.417. The van der Waals surface area contributed by atoms with Gasteiger partial charge in [-0.25, -0.2) is 9.37 Å². The molecular weight excluding hydrogens is 423 g/mol. The number of nitrogens with zero attached hydrogens (tertiary/aromatic N) is 4. The summed E-state index contributed by atoms with van der Waals surface area (Å²) < 4.78 is 23.5. The van der Waals surface area contributed by atoms with Crippen molar-refractivity contribution >= 4 is 31.2 Å². The van der Waals surface area contributed by atoms with Gasteiger partial charge in [0.1, 0.15) is 5.65 Å². The van der Waals surface area contributed by atoms with Gasteiger partial charge in [0.15, 0.2) is 14.1 Å². The number of hydrogen-bond acceptors (Lipinski definition) is 4. The Kier molecular flexibility index (Phi) is 5.85. The monoisotopic (exact) mass is 454 g/mol. The minimum absolute atomic E-state index is 0.0588. The number of aromatic nitrogens is 2. The summed E-state index contributed by atoms with van der Waals surface area (Å²) in [5.41, 5.74) is 2.59. The van der Waals surface area contributed by atoms with Gasteiger partial charge in [-0.05, 0) is 30.3 Å². The first kappa shape index (κ1) is 22.5. The van der Waals surface area contributed by atoms with Gasteiger partial charge in [-0.1, -0.05) is 32.9 Å². The Morgan fingerprint density at radius 1 is 1.16 bits per heavy atom. The van der Waals surface area contributed by atoms with Crippen molar-refractivity contribution in [3.63, 3.8) is 0 Å². The van der Waals surface area contributed by atoms with Crippen molar-refractivity contribution in [2.75, 3.05) is 29.4 Å². The van der Waals surface area contributed by atoms with E-state index in [0.29, 0.717) is 24.3 Å². The Morgan fingerprint density at radius 3 is 2.66 bits per heavy atom. The van der Waals surface area contributed by atoms with Gasteiger partial charge in [0.05, 0.1) is 18.8 Å². The fourth-order valence-corrected chi connectivity index (χ4v) is 4.57. The summed E-state index contributed by atoms with van der Waals surface area (Å²) in [6.07, 6.45) is 5.48. The molecule has 1 aliphatic heterocycles. The summed E-state index contributed by atoms with van der Waals surface area (Å²) in [7, 11) is -1.99. The van der Waals surface area contributed by atoms with Crippen LogP contribution in [0.25, 0.3) is 5.65 Å². The Labute approximate surface area is 189 Å². The number of pyridine rings is 1. The molecule has 32 heavy (non-hydrogen) atoms. The molecule has 0 spiro atoms. The number of amides is 1. The minimum atomic E-state index is -1.99. The lowest BCUT2D eigenvalue weighted by molar-refractivity contribution is -0.117. The Morgan fingerprint density at radius 2 is 1.94 bits per heavy atom. The first-order valence-electron chi connectivity index (χ1n) is 11.0. The maximum absolute atomic E-state index is 15.4. The molecule has 1 aromatic carbocycles. The van der Waals surface area contributed by atoms with Gasteiger partial charge in [-0.15, -0.1) is 0 Å². The van der Waals surface area contributed by atoms with Gasteiger partial charge in [-0.2, -0.15) is 0 Å². The van der Waals surface area contributed by atoms with E-state index in [2.05, 4.69) is 38.8 Å². The molecule has 3 aromatic rings. The summed E-state index contributed by atoms with van der Waals surface area (Å²) >= 11 is 0. The number of halogens is 1. The predicted molar refractivity (Wildman–Crippen MR) is 128 cm³/mol. The molecule has 1 saturated heterocycles. The number of benzene rings is 1. The van der Waals surface area contributed by atoms with Crippen molar-refractivity contribution < 1.29 is 13.6 Å². The van der Waals surface area contributed by atoms with Gasteiger partial charge >= 0.3 is 0 Å². The Bertz CT molecular complexity index is 1140. The molecule has 0 atom stereocenters. The molecule has 3 heterocycles. The molecule has 170 valence electrons. The smallest absolute Gasteiger partial charge is 0.246 e. The topological polar surface area (TPSA) is 50.1 Å². The first-order valence-corrected chi connectivity index (χ1v) is 13.9. The summed E-state index contributed by atoms with van der Waals surface area (Å²) in [6.45, 7) is 12.2. The molecule has 0 saturated carbocycles. The number of fused-ring (bicyclic) bond motifs is 1. The lowest BCUT2D eigenvalue weighted by atomic mass is 10.1. The quantitative estimate of drug-likeness (QED) is 0.517. The molecule has 8 heteroatoms. The zero-order valence-electron chi connectivity index (χ0n) is 19.4. The van der Waals surface area contributed by atoms with Crippen LogP contribution in [-0.2, 0) is 15.8 Å². The maximum atomic E-state index is 15.4. The predicted octanol–water partition coefficient (Wildman–Crippen LogP) is 4.85. The van der Waals surface area contributed by atoms with Crippen LogP contribution in [0.1, 0.15) is 26.3 Å². The highest BCUT2D eigenvalue weighted by Crippen LogP contribution is 2.37. The largest absolute Gasteiger partial charge is 0.412 e. The fourth-order valence-electron chi connectivity index (χ4n) is 3.62. The number of rotatable bonds is 5. The van der Waals surface area contributed by atoms with Crippen LogP contribution in [0.3, 0.4) is 0 Å². The van der Waals surface area contributed by atoms with E-state index in [1.54, 1.807) is 23.2 Å². The SMILES string of the molecule is CC(C)(C)[Si](C)(C)OCc1cccc(N2CCN(c3ccn4ccnc4c3)C(=O)C2)c1F. The molecule has 0 bridgehead atoms. The van der Waals surface area contributed by atoms with Crippen LogP contribution < -0.4 is 9.80 Å². The lowest BCUT2D eigenvalue weighted by Gasteiger charge is -2.37. The zero-order chi connectivity index (χ0) is 23.1. The highest BCUT2D eigenvalue weighted by molar-refractivity contribution is 6.74. The van der Waals surface area contributed by atoms with Crippen molar-refractivity contribution in [2.45, 2.75) is 45.5 Å². The molecule has 6 nitrogen and oxygen atoms in total. The van der Waals surface area contributed by atoms with Crippen molar-refractivity contribution in [1.29, 1.82) is 0 Å². The Hall–Kier alpha value is -2.71. The normalized spacial score (nSPS) is 15.6. The molecule has 0 radical (unpaired) electrons. The maximum Gasteiger partial charge on any atom is 0.246 e. The number of carbonyl (C=O) groups is 1. The Balaban J connectivity index is 1.48. The number of piperazine rings is 1. The van der Waals surface area contributed by atoms with Gasteiger partial charge in [0.2, 0.25) is 5.91 Å². The van der Waals surface area contributed by atoms with E-state index >= 15 is 4.39 Å². The zero-order valence-corrected chi connectivity index (χ0v) is 20.4. The van der Waals surface area contributed by atoms with E-state index in [1.807, 2.05) is 39.9 Å². The van der Waals surface area contributed by atoms with Crippen molar-refractivity contribution in [1.82, 2.24) is 9.38 Å². The standard InChI is InChI=1S/C24H31FN4O2Si/c1-24(2,3)32(4,5)31-17-18-7-6-8-20(23(18)25)28-13-14-29(22(30)16-28)19-9-11-27-12-10-26-21(27)15-19/h6-12,15H,13-14,16-17H2,1-5H3. The van der Waals surface area contributed by atoms with E-state index in [4.69, 9.17) is 4.43 Å². The van der Waals surface area contributed by atoms with Crippen LogP contribution in [0.5, 0.6) is 0 Å². The minimum Gasteiger partial charge on any atom is -0.412 e. The third-order valence-electron chi connectivity index (χ3n) is 6.71. The number of carbonyl (C=O) groups excluding carboxylic acids is 1. The van der Waals surface area contributed by atoms with Crippen molar-refractivity contribution in [3.8, 4) is 0 Å². The van der Waals surface area contributed by atoms with Crippen LogP contribution in [0.15, 0.2) is 48.9 Å². The highest BCUT2D eigenvalue weighted by atomic mass is 28.4. The molecule has 0 N–H and O–H groups in total. The van der Waals surface area contributed by atoms with Crippen molar-refractivity contribution in [3.05, 3.63) is 60.3 Å². The molecule has 0 aliphatic carbocycles. The van der Waals surface area contributed by atoms with Crippen LogP contribution >= 0.6 is 0 Å². The van der Waals surface area contributed by atoms with Crippen LogP contribution in [0, 0.1) is 5.82 Å².